The molecule has 0 saturated heterocycles. The van der Waals surface area contributed by atoms with Gasteiger partial charge in [-0.25, -0.2) is 0 Å². The molecule has 0 aromatic heterocycles. The second-order valence-corrected chi connectivity index (χ2v) is 11.5. The molecule has 4 aliphatic carbocycles. The highest BCUT2D eigenvalue weighted by atomic mass is 16.3. The molecule has 2 saturated carbocycles. The van der Waals surface area contributed by atoms with E-state index in [9.17, 15) is 9.90 Å². The molecule has 2 fully saturated rings. The number of hydrogen-bond acceptors (Lipinski definition) is 2. The van der Waals surface area contributed by atoms with Crippen molar-refractivity contribution in [2.75, 3.05) is 6.61 Å². The van der Waals surface area contributed by atoms with Gasteiger partial charge < -0.3 is 5.11 Å². The summed E-state index contributed by atoms with van der Waals surface area (Å²) in [6.07, 6.45) is 16.5. The van der Waals surface area contributed by atoms with Crippen molar-refractivity contribution in [1.82, 2.24) is 0 Å². The van der Waals surface area contributed by atoms with E-state index in [1.165, 1.54) is 44.1 Å². The maximum atomic E-state index is 12.0. The molecule has 0 heterocycles. The van der Waals surface area contributed by atoms with Crippen molar-refractivity contribution in [1.29, 1.82) is 0 Å². The second kappa shape index (κ2) is 7.98. The summed E-state index contributed by atoms with van der Waals surface area (Å²) < 4.78 is 0. The lowest BCUT2D eigenvalue weighted by Crippen LogP contribution is -2.46. The van der Waals surface area contributed by atoms with Gasteiger partial charge in [0.25, 0.3) is 0 Å². The summed E-state index contributed by atoms with van der Waals surface area (Å²) in [6, 6.07) is 0. The number of carbonyl (C=O) groups is 1. The van der Waals surface area contributed by atoms with Gasteiger partial charge in [-0.1, -0.05) is 57.8 Å². The number of fused-ring (bicyclic) bond motifs is 5. The number of hydrogen-bond donors (Lipinski definition) is 1. The van der Waals surface area contributed by atoms with Gasteiger partial charge in [-0.15, -0.1) is 0 Å². The Labute approximate surface area is 178 Å². The van der Waals surface area contributed by atoms with Crippen molar-refractivity contribution in [2.24, 2.45) is 40.4 Å². The maximum Gasteiger partial charge on any atom is 0.155 e. The van der Waals surface area contributed by atoms with Crippen molar-refractivity contribution in [3.8, 4) is 0 Å². The van der Waals surface area contributed by atoms with E-state index in [0.29, 0.717) is 29.6 Å². The first-order valence-corrected chi connectivity index (χ1v) is 12.3. The zero-order chi connectivity index (χ0) is 20.8. The monoisotopic (exact) mass is 398 g/mol. The summed E-state index contributed by atoms with van der Waals surface area (Å²) in [5.41, 5.74) is 3.90. The van der Waals surface area contributed by atoms with Crippen molar-refractivity contribution in [3.05, 3.63) is 23.3 Å². The number of carbonyl (C=O) groups excluding carboxylic acids is 1. The minimum absolute atomic E-state index is 0.240. The van der Waals surface area contributed by atoms with Gasteiger partial charge in [0.05, 0.1) is 0 Å². The van der Waals surface area contributed by atoms with Gasteiger partial charge in [0.2, 0.25) is 0 Å². The van der Waals surface area contributed by atoms with E-state index in [-0.39, 0.29) is 5.41 Å². The lowest BCUT2D eigenvalue weighted by molar-refractivity contribution is -0.116. The Bertz CT molecular complexity index is 703. The first kappa shape index (κ1) is 21.3. The standard InChI is InChI=1S/C27H42O2/c1-18(17-28)6-5-7-19(2)23-10-11-24-22-9-8-20-16-21(29)12-14-26(20,3)25(22)13-15-27(23,24)4/h9,16,18-19,23-25,28H,5-8,10-15,17H2,1-4H3/t18?,19?,23-,24?,25?,26+,27-/m1/s1. The smallest absolute Gasteiger partial charge is 0.155 e. The van der Waals surface area contributed by atoms with E-state index in [0.717, 1.165) is 43.4 Å². The average Bonchev–Trinajstić information content (AvgIpc) is 3.05. The number of ketones is 1. The molecule has 7 atom stereocenters. The van der Waals surface area contributed by atoms with E-state index in [1.54, 1.807) is 5.57 Å². The minimum Gasteiger partial charge on any atom is -0.396 e. The zero-order valence-corrected chi connectivity index (χ0v) is 19.2. The molecule has 29 heavy (non-hydrogen) atoms. The third-order valence-corrected chi connectivity index (χ3v) is 9.83. The molecule has 0 aromatic rings. The summed E-state index contributed by atoms with van der Waals surface area (Å²) >= 11 is 0. The Kier molecular flexibility index (Phi) is 5.88. The predicted molar refractivity (Wildman–Crippen MR) is 119 cm³/mol. The SMILES string of the molecule is CC(CO)CCCC(C)[C@H]1CCC2C3=CCC4=CC(=O)CC[C@]4(C)C3CC[C@@]21C. The minimum atomic E-state index is 0.240. The fourth-order valence-corrected chi connectivity index (χ4v) is 7.91. The third-order valence-electron chi connectivity index (χ3n) is 9.83. The largest absolute Gasteiger partial charge is 0.396 e. The van der Waals surface area contributed by atoms with Crippen LogP contribution in [0.1, 0.15) is 91.9 Å². The molecule has 2 nitrogen and oxygen atoms in total. The van der Waals surface area contributed by atoms with E-state index >= 15 is 0 Å². The lowest BCUT2D eigenvalue weighted by atomic mass is 9.50. The highest BCUT2D eigenvalue weighted by Crippen LogP contribution is 2.66. The molecule has 0 aliphatic heterocycles. The first-order chi connectivity index (χ1) is 13.8. The summed E-state index contributed by atoms with van der Waals surface area (Å²) in [7, 11) is 0. The molecular weight excluding hydrogens is 356 g/mol. The summed E-state index contributed by atoms with van der Waals surface area (Å²) in [4.78, 5) is 12.0. The number of aliphatic hydroxyl groups is 1. The van der Waals surface area contributed by atoms with Gasteiger partial charge in [-0.3, -0.25) is 4.79 Å². The number of aliphatic hydroxyl groups excluding tert-OH is 1. The zero-order valence-electron chi connectivity index (χ0n) is 19.2. The molecule has 162 valence electrons. The molecule has 4 aliphatic rings. The van der Waals surface area contributed by atoms with Crippen molar-refractivity contribution in [3.63, 3.8) is 0 Å². The van der Waals surface area contributed by atoms with Crippen LogP contribution in [0.2, 0.25) is 0 Å². The Balaban J connectivity index is 1.50. The highest BCUT2D eigenvalue weighted by molar-refractivity contribution is 5.91. The van der Waals surface area contributed by atoms with Crippen LogP contribution in [0.5, 0.6) is 0 Å². The van der Waals surface area contributed by atoms with Crippen LogP contribution in [-0.4, -0.2) is 17.5 Å². The van der Waals surface area contributed by atoms with E-state index in [2.05, 4.69) is 33.8 Å². The van der Waals surface area contributed by atoms with Crippen LogP contribution < -0.4 is 0 Å². The molecule has 0 amide bonds. The van der Waals surface area contributed by atoms with E-state index < -0.39 is 0 Å². The van der Waals surface area contributed by atoms with Crippen molar-refractivity contribution >= 4 is 5.78 Å². The number of allylic oxidation sites excluding steroid dienone is 4. The van der Waals surface area contributed by atoms with Gasteiger partial charge in [0.1, 0.15) is 0 Å². The lowest BCUT2D eigenvalue weighted by Gasteiger charge is -2.55. The summed E-state index contributed by atoms with van der Waals surface area (Å²) in [5, 5.41) is 9.31. The Hall–Kier alpha value is -0.890. The van der Waals surface area contributed by atoms with Gasteiger partial charge in [-0.05, 0) is 91.4 Å². The molecule has 4 rings (SSSR count). The van der Waals surface area contributed by atoms with Crippen LogP contribution in [0, 0.1) is 40.4 Å². The Morgan fingerprint density at radius 2 is 1.90 bits per heavy atom. The van der Waals surface area contributed by atoms with Gasteiger partial charge in [-0.2, -0.15) is 0 Å². The summed E-state index contributed by atoms with van der Waals surface area (Å²) in [6.45, 7) is 10.1. The number of rotatable bonds is 6. The third kappa shape index (κ3) is 3.58. The molecule has 0 aromatic carbocycles. The molecule has 2 heteroatoms. The van der Waals surface area contributed by atoms with Crippen molar-refractivity contribution in [2.45, 2.75) is 91.9 Å². The van der Waals surface area contributed by atoms with Crippen LogP contribution in [0.3, 0.4) is 0 Å². The Morgan fingerprint density at radius 3 is 2.66 bits per heavy atom. The molecule has 0 radical (unpaired) electrons. The van der Waals surface area contributed by atoms with Gasteiger partial charge in [0.15, 0.2) is 5.78 Å². The molecule has 0 spiro atoms. The van der Waals surface area contributed by atoms with Crippen LogP contribution in [0.25, 0.3) is 0 Å². The highest BCUT2D eigenvalue weighted by Gasteiger charge is 2.56. The van der Waals surface area contributed by atoms with E-state index in [1.807, 2.05) is 6.08 Å². The first-order valence-electron chi connectivity index (χ1n) is 12.3. The topological polar surface area (TPSA) is 37.3 Å². The van der Waals surface area contributed by atoms with E-state index in [4.69, 9.17) is 0 Å². The van der Waals surface area contributed by atoms with Gasteiger partial charge >= 0.3 is 0 Å². The van der Waals surface area contributed by atoms with Gasteiger partial charge in [0, 0.05) is 13.0 Å². The maximum absolute atomic E-state index is 12.0. The summed E-state index contributed by atoms with van der Waals surface area (Å²) in [5.74, 6) is 3.86. The molecule has 1 N–H and O–H groups in total. The van der Waals surface area contributed by atoms with Crippen LogP contribution >= 0.6 is 0 Å². The second-order valence-electron chi connectivity index (χ2n) is 11.5. The Morgan fingerprint density at radius 1 is 1.10 bits per heavy atom. The van der Waals surface area contributed by atoms with Crippen LogP contribution in [0.4, 0.5) is 0 Å². The fourth-order valence-electron chi connectivity index (χ4n) is 7.91. The molecule has 4 unspecified atom stereocenters. The average molecular weight is 399 g/mol. The van der Waals surface area contributed by atoms with Crippen molar-refractivity contribution < 1.29 is 9.90 Å². The quantitative estimate of drug-likeness (QED) is 0.519. The molecular formula is C27H42O2. The fraction of sp³-hybridized carbons (Fsp3) is 0.815. The van der Waals surface area contributed by atoms with Crippen LogP contribution in [0.15, 0.2) is 23.3 Å². The normalized spacial score (nSPS) is 41.0. The van der Waals surface area contributed by atoms with Crippen LogP contribution in [-0.2, 0) is 4.79 Å². The molecule has 0 bridgehead atoms. The predicted octanol–water partition coefficient (Wildman–Crippen LogP) is 6.49.